The van der Waals surface area contributed by atoms with Gasteiger partial charge in [-0.1, -0.05) is 27.7 Å². The smallest absolute Gasteiger partial charge is 0.242 e. The molecule has 1 saturated heterocycles. The zero-order chi connectivity index (χ0) is 13.1. The Hall–Kier alpha value is -0.710. The highest BCUT2D eigenvalue weighted by molar-refractivity contribution is 8.01. The third-order valence-corrected chi connectivity index (χ3v) is 3.92. The van der Waals surface area contributed by atoms with Gasteiger partial charge >= 0.3 is 0 Å². The van der Waals surface area contributed by atoms with Crippen molar-refractivity contribution in [2.24, 2.45) is 0 Å². The topological polar surface area (TPSA) is 49.4 Å². The number of carbonyl (C=O) groups excluding carboxylic acids is 2. The first-order chi connectivity index (χ1) is 7.85. The van der Waals surface area contributed by atoms with E-state index in [4.69, 9.17) is 0 Å². The first kappa shape index (κ1) is 14.4. The number of hydrogen-bond donors (Lipinski definition) is 1. The van der Waals surface area contributed by atoms with E-state index >= 15 is 0 Å². The Morgan fingerprint density at radius 1 is 1.53 bits per heavy atom. The minimum absolute atomic E-state index is 0.0205. The predicted molar refractivity (Wildman–Crippen MR) is 71.0 cm³/mol. The third-order valence-electron chi connectivity index (χ3n) is 2.67. The van der Waals surface area contributed by atoms with E-state index in [0.29, 0.717) is 25.3 Å². The Morgan fingerprint density at radius 3 is 2.71 bits per heavy atom. The summed E-state index contributed by atoms with van der Waals surface area (Å²) in [6.45, 7) is 9.41. The van der Waals surface area contributed by atoms with Gasteiger partial charge in [-0.2, -0.15) is 0 Å². The molecule has 17 heavy (non-hydrogen) atoms. The minimum atomic E-state index is -0.281. The van der Waals surface area contributed by atoms with Gasteiger partial charge in [0.25, 0.3) is 0 Å². The summed E-state index contributed by atoms with van der Waals surface area (Å²) in [5.41, 5.74) is 0. The molecule has 0 spiro atoms. The number of nitrogens with zero attached hydrogens (tertiary/aromatic N) is 1. The van der Waals surface area contributed by atoms with Crippen LogP contribution in [0.1, 0.15) is 34.1 Å². The lowest BCUT2D eigenvalue weighted by Crippen LogP contribution is -2.57. The van der Waals surface area contributed by atoms with Crippen LogP contribution in [0.3, 0.4) is 0 Å². The summed E-state index contributed by atoms with van der Waals surface area (Å²) in [5, 5.41) is 2.80. The van der Waals surface area contributed by atoms with Crippen LogP contribution in [0.5, 0.6) is 0 Å². The summed E-state index contributed by atoms with van der Waals surface area (Å²) in [6.07, 6.45) is 0.678. The predicted octanol–water partition coefficient (Wildman–Crippen LogP) is 1.26. The van der Waals surface area contributed by atoms with Crippen molar-refractivity contribution in [1.82, 2.24) is 10.2 Å². The van der Waals surface area contributed by atoms with Crippen molar-refractivity contribution in [2.75, 3.05) is 18.8 Å². The first-order valence-electron chi connectivity index (χ1n) is 6.06. The highest BCUT2D eigenvalue weighted by Crippen LogP contribution is 2.24. The SMILES string of the molecule is CCC1C(=O)NCCN1C(=O)CSC(C)(C)C. The van der Waals surface area contributed by atoms with Crippen molar-refractivity contribution >= 4 is 23.6 Å². The highest BCUT2D eigenvalue weighted by Gasteiger charge is 2.31. The Morgan fingerprint density at radius 2 is 2.18 bits per heavy atom. The number of hydrogen-bond acceptors (Lipinski definition) is 3. The number of carbonyl (C=O) groups is 2. The van der Waals surface area contributed by atoms with Gasteiger partial charge in [-0.05, 0) is 6.42 Å². The molecular weight excluding hydrogens is 236 g/mol. The van der Waals surface area contributed by atoms with E-state index in [1.54, 1.807) is 16.7 Å². The molecule has 1 aliphatic heterocycles. The Kier molecular flexibility index (Phi) is 4.86. The van der Waals surface area contributed by atoms with Crippen LogP contribution in [0.25, 0.3) is 0 Å². The van der Waals surface area contributed by atoms with Gasteiger partial charge in [-0.3, -0.25) is 9.59 Å². The third kappa shape index (κ3) is 4.22. The maximum Gasteiger partial charge on any atom is 0.242 e. The fourth-order valence-corrected chi connectivity index (χ4v) is 2.50. The molecule has 1 N–H and O–H groups in total. The monoisotopic (exact) mass is 258 g/mol. The lowest BCUT2D eigenvalue weighted by atomic mass is 10.1. The van der Waals surface area contributed by atoms with Crippen molar-refractivity contribution in [3.05, 3.63) is 0 Å². The van der Waals surface area contributed by atoms with Crippen molar-refractivity contribution in [1.29, 1.82) is 0 Å². The van der Waals surface area contributed by atoms with E-state index in [2.05, 4.69) is 26.1 Å². The summed E-state index contributed by atoms with van der Waals surface area (Å²) in [5.74, 6) is 0.507. The molecule has 1 aliphatic rings. The Labute approximate surface area is 108 Å². The van der Waals surface area contributed by atoms with Crippen molar-refractivity contribution in [2.45, 2.75) is 44.9 Å². The molecule has 1 unspecified atom stereocenters. The molecule has 1 atom stereocenters. The molecule has 4 nitrogen and oxygen atoms in total. The molecule has 1 fully saturated rings. The summed E-state index contributed by atoms with van der Waals surface area (Å²) in [7, 11) is 0. The van der Waals surface area contributed by atoms with Crippen molar-refractivity contribution in [3.63, 3.8) is 0 Å². The molecule has 0 aromatic carbocycles. The molecule has 98 valence electrons. The van der Waals surface area contributed by atoms with E-state index in [0.717, 1.165) is 0 Å². The molecule has 0 aromatic rings. The lowest BCUT2D eigenvalue weighted by molar-refractivity contribution is -0.141. The Balaban J connectivity index is 2.57. The van der Waals surface area contributed by atoms with Gasteiger partial charge in [0, 0.05) is 17.8 Å². The normalized spacial score (nSPS) is 21.3. The number of rotatable bonds is 3. The maximum atomic E-state index is 12.1. The quantitative estimate of drug-likeness (QED) is 0.829. The fraction of sp³-hybridized carbons (Fsp3) is 0.833. The van der Waals surface area contributed by atoms with Crippen LogP contribution in [0.2, 0.25) is 0 Å². The van der Waals surface area contributed by atoms with Crippen LogP contribution in [0, 0.1) is 0 Å². The number of nitrogens with one attached hydrogen (secondary N) is 1. The molecule has 2 amide bonds. The van der Waals surface area contributed by atoms with Gasteiger partial charge in [0.05, 0.1) is 5.75 Å². The first-order valence-corrected chi connectivity index (χ1v) is 7.05. The van der Waals surface area contributed by atoms with E-state index in [1.807, 2.05) is 6.92 Å². The zero-order valence-electron chi connectivity index (χ0n) is 11.1. The van der Waals surface area contributed by atoms with Gasteiger partial charge in [0.2, 0.25) is 11.8 Å². The molecular formula is C12H22N2O2S. The van der Waals surface area contributed by atoms with Crippen molar-refractivity contribution < 1.29 is 9.59 Å². The van der Waals surface area contributed by atoms with Gasteiger partial charge in [0.1, 0.15) is 6.04 Å². The number of piperazine rings is 1. The molecule has 1 rings (SSSR count). The van der Waals surface area contributed by atoms with E-state index in [1.165, 1.54) is 0 Å². The molecule has 1 heterocycles. The van der Waals surface area contributed by atoms with Crippen molar-refractivity contribution in [3.8, 4) is 0 Å². The zero-order valence-corrected chi connectivity index (χ0v) is 11.9. The van der Waals surface area contributed by atoms with Crippen LogP contribution in [0.4, 0.5) is 0 Å². The van der Waals surface area contributed by atoms with Gasteiger partial charge in [0.15, 0.2) is 0 Å². The second-order valence-corrected chi connectivity index (χ2v) is 7.01. The van der Waals surface area contributed by atoms with E-state index in [9.17, 15) is 9.59 Å². The second-order valence-electron chi connectivity index (χ2n) is 5.20. The van der Waals surface area contributed by atoms with Gasteiger partial charge in [-0.15, -0.1) is 11.8 Å². The summed E-state index contributed by atoms with van der Waals surface area (Å²) < 4.78 is 0.0788. The standard InChI is InChI=1S/C12H22N2O2S/c1-5-9-11(16)13-6-7-14(9)10(15)8-17-12(2,3)4/h9H,5-8H2,1-4H3,(H,13,16). The van der Waals surface area contributed by atoms with Crippen LogP contribution in [0.15, 0.2) is 0 Å². The van der Waals surface area contributed by atoms with E-state index in [-0.39, 0.29) is 22.6 Å². The van der Waals surface area contributed by atoms with Crippen LogP contribution in [-0.4, -0.2) is 46.3 Å². The Bertz CT molecular complexity index is 299. The molecule has 0 bridgehead atoms. The molecule has 0 radical (unpaired) electrons. The molecule has 5 heteroatoms. The summed E-state index contributed by atoms with van der Waals surface area (Å²) >= 11 is 1.63. The average molecular weight is 258 g/mol. The lowest BCUT2D eigenvalue weighted by Gasteiger charge is -2.35. The molecule has 0 aliphatic carbocycles. The second kappa shape index (κ2) is 5.76. The van der Waals surface area contributed by atoms with E-state index < -0.39 is 0 Å². The van der Waals surface area contributed by atoms with Crippen LogP contribution in [-0.2, 0) is 9.59 Å². The summed E-state index contributed by atoms with van der Waals surface area (Å²) in [4.78, 5) is 25.4. The maximum absolute atomic E-state index is 12.1. The number of amides is 2. The van der Waals surface area contributed by atoms with Crippen LogP contribution >= 0.6 is 11.8 Å². The highest BCUT2D eigenvalue weighted by atomic mass is 32.2. The average Bonchev–Trinajstić information content (AvgIpc) is 2.24. The summed E-state index contributed by atoms with van der Waals surface area (Å²) in [6, 6.07) is -0.281. The molecule has 0 aromatic heterocycles. The van der Waals surface area contributed by atoms with Gasteiger partial charge in [-0.25, -0.2) is 0 Å². The number of thioether (sulfide) groups is 1. The minimum Gasteiger partial charge on any atom is -0.353 e. The fourth-order valence-electron chi connectivity index (χ4n) is 1.78. The van der Waals surface area contributed by atoms with Crippen LogP contribution < -0.4 is 5.32 Å². The molecule has 0 saturated carbocycles. The largest absolute Gasteiger partial charge is 0.353 e. The van der Waals surface area contributed by atoms with Gasteiger partial charge < -0.3 is 10.2 Å².